The van der Waals surface area contributed by atoms with E-state index in [-0.39, 0.29) is 29.5 Å². The number of carboxylic acid groups (broad SMARTS) is 1. The van der Waals surface area contributed by atoms with Crippen LogP contribution in [0.3, 0.4) is 0 Å². The number of nitrogens with zero attached hydrogens (tertiary/aromatic N) is 2. The summed E-state index contributed by atoms with van der Waals surface area (Å²) < 4.78 is 0.371. The summed E-state index contributed by atoms with van der Waals surface area (Å²) >= 11 is 7.94. The number of aliphatic carboxylic acids is 1. The van der Waals surface area contributed by atoms with E-state index in [4.69, 9.17) is 17.3 Å². The van der Waals surface area contributed by atoms with Crippen LogP contribution in [0.25, 0.3) is 6.08 Å². The number of carboxylic acids is 1. The Bertz CT molecular complexity index is 896. The zero-order chi connectivity index (χ0) is 21.7. The molecule has 0 unspecified atom stereocenters. The monoisotopic (exact) mass is 466 g/mol. The summed E-state index contributed by atoms with van der Waals surface area (Å²) in [6, 6.07) is 5.05. The number of benzene rings is 1. The Hall–Kier alpha value is -1.91. The molecule has 0 spiro atoms. The fourth-order valence-corrected chi connectivity index (χ4v) is 6.10. The minimum Gasteiger partial charge on any atom is -0.481 e. The van der Waals surface area contributed by atoms with Gasteiger partial charge in [0.05, 0.1) is 14.7 Å². The van der Waals surface area contributed by atoms with Gasteiger partial charge in [0.15, 0.2) is 0 Å². The van der Waals surface area contributed by atoms with Crippen LogP contribution in [0, 0.1) is 10.1 Å². The van der Waals surface area contributed by atoms with Crippen LogP contribution in [0.1, 0.15) is 50.5 Å². The van der Waals surface area contributed by atoms with Crippen molar-refractivity contribution in [2.75, 3.05) is 6.54 Å². The van der Waals surface area contributed by atoms with Crippen LogP contribution < -0.4 is 0 Å². The molecule has 1 aromatic rings. The largest absolute Gasteiger partial charge is 0.481 e. The number of amides is 1. The SMILES string of the molecule is O=C(O)CCCN1C(=O)C(=Cc2ccc(SC3CCCCC3)c([N+](=O)[O-])c2)SC1=S. The van der Waals surface area contributed by atoms with Crippen molar-refractivity contribution in [3.05, 3.63) is 38.8 Å². The number of nitro benzene ring substituents is 1. The first-order valence-electron chi connectivity index (χ1n) is 9.77. The Kier molecular flexibility index (Phi) is 7.90. The third kappa shape index (κ3) is 5.83. The quantitative estimate of drug-likeness (QED) is 0.245. The zero-order valence-electron chi connectivity index (χ0n) is 16.2. The molecule has 1 aliphatic carbocycles. The van der Waals surface area contributed by atoms with Crippen LogP contribution in [0.4, 0.5) is 5.69 Å². The molecule has 10 heteroatoms. The van der Waals surface area contributed by atoms with Crippen LogP contribution in [-0.4, -0.2) is 42.9 Å². The van der Waals surface area contributed by atoms with E-state index in [9.17, 15) is 19.7 Å². The van der Waals surface area contributed by atoms with E-state index < -0.39 is 5.97 Å². The van der Waals surface area contributed by atoms with Crippen molar-refractivity contribution in [1.82, 2.24) is 4.90 Å². The third-order valence-electron chi connectivity index (χ3n) is 4.97. The molecule has 2 fully saturated rings. The molecule has 1 saturated heterocycles. The molecule has 30 heavy (non-hydrogen) atoms. The lowest BCUT2D eigenvalue weighted by atomic mass is 10.0. The number of rotatable bonds is 8. The maximum Gasteiger partial charge on any atom is 0.303 e. The van der Waals surface area contributed by atoms with Crippen LogP contribution >= 0.6 is 35.7 Å². The van der Waals surface area contributed by atoms with E-state index in [1.165, 1.54) is 17.4 Å². The molecule has 1 amide bonds. The van der Waals surface area contributed by atoms with Gasteiger partial charge in [-0.15, -0.1) is 11.8 Å². The molecule has 1 heterocycles. The summed E-state index contributed by atoms with van der Waals surface area (Å²) in [7, 11) is 0. The molecular formula is C20H22N2O5S3. The number of carbonyl (C=O) groups is 2. The van der Waals surface area contributed by atoms with E-state index in [1.54, 1.807) is 30.0 Å². The van der Waals surface area contributed by atoms with Crippen LogP contribution in [0.15, 0.2) is 28.0 Å². The number of hydrogen-bond acceptors (Lipinski definition) is 7. The summed E-state index contributed by atoms with van der Waals surface area (Å²) in [6.07, 6.45) is 7.60. The lowest BCUT2D eigenvalue weighted by Gasteiger charge is -2.20. The van der Waals surface area contributed by atoms with Gasteiger partial charge in [0, 0.05) is 24.3 Å². The van der Waals surface area contributed by atoms with Crippen LogP contribution in [-0.2, 0) is 9.59 Å². The number of thioether (sulfide) groups is 2. The van der Waals surface area contributed by atoms with Gasteiger partial charge in [0.25, 0.3) is 11.6 Å². The summed E-state index contributed by atoms with van der Waals surface area (Å²) in [4.78, 5) is 37.0. The summed E-state index contributed by atoms with van der Waals surface area (Å²) in [5.74, 6) is -1.21. The lowest BCUT2D eigenvalue weighted by molar-refractivity contribution is -0.387. The highest BCUT2D eigenvalue weighted by Gasteiger charge is 2.32. The van der Waals surface area contributed by atoms with Gasteiger partial charge >= 0.3 is 5.97 Å². The van der Waals surface area contributed by atoms with Crippen molar-refractivity contribution in [2.45, 2.75) is 55.1 Å². The Morgan fingerprint density at radius 3 is 2.77 bits per heavy atom. The first-order valence-corrected chi connectivity index (χ1v) is 11.9. The predicted octanol–water partition coefficient (Wildman–Crippen LogP) is 5.09. The third-order valence-corrected chi connectivity index (χ3v) is 7.75. The smallest absolute Gasteiger partial charge is 0.303 e. The normalized spacial score (nSPS) is 18.9. The second-order valence-corrected chi connectivity index (χ2v) is 10.2. The zero-order valence-corrected chi connectivity index (χ0v) is 18.7. The second kappa shape index (κ2) is 10.4. The Balaban J connectivity index is 1.75. The number of carbonyl (C=O) groups excluding carboxylic acids is 1. The molecule has 160 valence electrons. The van der Waals surface area contributed by atoms with Crippen LogP contribution in [0.2, 0.25) is 0 Å². The fourth-order valence-electron chi connectivity index (χ4n) is 3.46. The molecule has 7 nitrogen and oxygen atoms in total. The molecule has 2 aliphatic rings. The van der Waals surface area contributed by atoms with Crippen LogP contribution in [0.5, 0.6) is 0 Å². The molecule has 0 atom stereocenters. The maximum absolute atomic E-state index is 12.6. The summed E-state index contributed by atoms with van der Waals surface area (Å²) in [5.41, 5.74) is 0.622. The second-order valence-electron chi connectivity index (χ2n) is 7.19. The highest BCUT2D eigenvalue weighted by atomic mass is 32.2. The van der Waals surface area contributed by atoms with Crippen molar-refractivity contribution in [2.24, 2.45) is 0 Å². The van der Waals surface area contributed by atoms with Gasteiger partial charge in [-0.2, -0.15) is 0 Å². The van der Waals surface area contributed by atoms with E-state index in [1.807, 2.05) is 0 Å². The molecule has 1 saturated carbocycles. The van der Waals surface area contributed by atoms with Gasteiger partial charge in [-0.3, -0.25) is 24.6 Å². The highest BCUT2D eigenvalue weighted by Crippen LogP contribution is 2.39. The molecular weight excluding hydrogens is 444 g/mol. The lowest BCUT2D eigenvalue weighted by Crippen LogP contribution is -2.29. The molecule has 0 bridgehead atoms. The Labute approximate surface area is 188 Å². The summed E-state index contributed by atoms with van der Waals surface area (Å²) in [6.45, 7) is 0.241. The van der Waals surface area contributed by atoms with Gasteiger partial charge in [0.2, 0.25) is 0 Å². The van der Waals surface area contributed by atoms with Gasteiger partial charge in [-0.05, 0) is 37.0 Å². The molecule has 1 aromatic carbocycles. The van der Waals surface area contributed by atoms with Gasteiger partial charge < -0.3 is 5.11 Å². The Morgan fingerprint density at radius 2 is 2.10 bits per heavy atom. The minimum atomic E-state index is -0.922. The average molecular weight is 467 g/mol. The first kappa shape index (κ1) is 22.8. The van der Waals surface area contributed by atoms with Crippen molar-refractivity contribution < 1.29 is 19.6 Å². The molecule has 1 N–H and O–H groups in total. The van der Waals surface area contributed by atoms with Crippen molar-refractivity contribution in [3.8, 4) is 0 Å². The molecule has 1 aliphatic heterocycles. The van der Waals surface area contributed by atoms with Crippen molar-refractivity contribution >= 4 is 63.7 Å². The first-order chi connectivity index (χ1) is 14.3. The van der Waals surface area contributed by atoms with E-state index in [0.29, 0.717) is 31.4 Å². The Morgan fingerprint density at radius 1 is 1.37 bits per heavy atom. The number of nitro groups is 1. The number of thiocarbonyl (C=S) groups is 1. The standard InChI is InChI=1S/C20H22N2O5S3/c23-18(24)7-4-10-21-19(25)17(30-20(21)28)12-13-8-9-16(15(11-13)22(26)27)29-14-5-2-1-3-6-14/h8-9,11-12,14H,1-7,10H2,(H,23,24). The van der Waals surface area contributed by atoms with Gasteiger partial charge in [-0.25, -0.2) is 0 Å². The van der Waals surface area contributed by atoms with E-state index in [2.05, 4.69) is 0 Å². The van der Waals surface area contributed by atoms with Crippen molar-refractivity contribution in [3.63, 3.8) is 0 Å². The molecule has 3 rings (SSSR count). The average Bonchev–Trinajstić information content (AvgIpc) is 2.97. The topological polar surface area (TPSA) is 101 Å². The maximum atomic E-state index is 12.6. The van der Waals surface area contributed by atoms with E-state index in [0.717, 1.165) is 37.4 Å². The number of hydrogen-bond donors (Lipinski definition) is 1. The summed E-state index contributed by atoms with van der Waals surface area (Å²) in [5, 5.41) is 20.8. The molecule has 0 radical (unpaired) electrons. The van der Waals surface area contributed by atoms with E-state index >= 15 is 0 Å². The minimum absolute atomic E-state index is 0.0393. The predicted molar refractivity (Wildman–Crippen MR) is 123 cm³/mol. The fraction of sp³-hybridized carbons (Fsp3) is 0.450. The van der Waals surface area contributed by atoms with Crippen molar-refractivity contribution in [1.29, 1.82) is 0 Å². The van der Waals surface area contributed by atoms with Gasteiger partial charge in [-0.1, -0.05) is 49.3 Å². The molecule has 0 aromatic heterocycles. The van der Waals surface area contributed by atoms with Gasteiger partial charge in [0.1, 0.15) is 4.32 Å². The highest BCUT2D eigenvalue weighted by molar-refractivity contribution is 8.26.